The second-order valence-electron chi connectivity index (χ2n) is 6.84. The van der Waals surface area contributed by atoms with Crippen LogP contribution in [0.1, 0.15) is 26.3 Å². The molecule has 0 N–H and O–H groups in total. The Morgan fingerprint density at radius 2 is 1.47 bits per heavy atom. The third kappa shape index (κ3) is 5.17. The fourth-order valence-corrected chi connectivity index (χ4v) is 3.55. The van der Waals surface area contributed by atoms with Crippen LogP contribution >= 0.6 is 23.2 Å². The average molecular weight is 442 g/mol. The maximum Gasteiger partial charge on any atom is 0.258 e. The minimum Gasteiger partial charge on any atom is -0.341 e. The summed E-state index contributed by atoms with van der Waals surface area (Å²) in [4.78, 5) is 33.0. The Kier molecular flexibility index (Phi) is 7.08. The van der Waals surface area contributed by atoms with Gasteiger partial charge in [0, 0.05) is 26.2 Å². The molecule has 0 unspecified atom stereocenters. The van der Waals surface area contributed by atoms with E-state index < -0.39 is 0 Å². The number of amides is 2. The third-order valence-electron chi connectivity index (χ3n) is 4.74. The number of hydrogen-bond acceptors (Lipinski definition) is 3. The molecule has 0 radical (unpaired) electrons. The first kappa shape index (κ1) is 21.8. The molecule has 0 spiro atoms. The molecule has 154 valence electrons. The SMILES string of the molecule is CN(CCc1ccccc1)C(=O)c1ccccc1N(C)C(=O)c1cc(Cl)nc(Cl)c1. The van der Waals surface area contributed by atoms with E-state index >= 15 is 0 Å². The highest BCUT2D eigenvalue weighted by Gasteiger charge is 2.22. The van der Waals surface area contributed by atoms with Crippen LogP contribution in [0.3, 0.4) is 0 Å². The molecule has 0 atom stereocenters. The number of aromatic nitrogens is 1. The number of carbonyl (C=O) groups is 2. The van der Waals surface area contributed by atoms with Crippen LogP contribution in [0.25, 0.3) is 0 Å². The van der Waals surface area contributed by atoms with E-state index in [4.69, 9.17) is 23.2 Å². The molecule has 1 heterocycles. The zero-order valence-electron chi connectivity index (χ0n) is 16.7. The van der Waals surface area contributed by atoms with Gasteiger partial charge < -0.3 is 9.80 Å². The van der Waals surface area contributed by atoms with Gasteiger partial charge in [0.05, 0.1) is 11.3 Å². The number of para-hydroxylation sites is 1. The van der Waals surface area contributed by atoms with Crippen molar-refractivity contribution >= 4 is 40.7 Å². The summed E-state index contributed by atoms with van der Waals surface area (Å²) in [5, 5.41) is 0.258. The van der Waals surface area contributed by atoms with Gasteiger partial charge in [-0.25, -0.2) is 4.98 Å². The number of benzene rings is 2. The minimum absolute atomic E-state index is 0.129. The molecule has 0 aliphatic heterocycles. The fourth-order valence-electron chi connectivity index (χ4n) is 3.09. The van der Waals surface area contributed by atoms with Gasteiger partial charge >= 0.3 is 0 Å². The highest BCUT2D eigenvalue weighted by molar-refractivity contribution is 6.33. The Morgan fingerprint density at radius 1 is 0.867 bits per heavy atom. The molecular weight excluding hydrogens is 421 g/mol. The standard InChI is InChI=1S/C23H21Cl2N3O2/c1-27(13-12-16-8-4-3-5-9-16)23(30)18-10-6-7-11-19(18)28(2)22(29)17-14-20(24)26-21(25)15-17/h3-11,14-15H,12-13H2,1-2H3. The van der Waals surface area contributed by atoms with Crippen molar-refractivity contribution in [1.82, 2.24) is 9.88 Å². The summed E-state index contributed by atoms with van der Waals surface area (Å²) in [6.45, 7) is 0.560. The van der Waals surface area contributed by atoms with Gasteiger partial charge in [0.15, 0.2) is 0 Å². The van der Waals surface area contributed by atoms with Gasteiger partial charge in [-0.15, -0.1) is 0 Å². The molecule has 0 fully saturated rings. The molecular formula is C23H21Cl2N3O2. The highest BCUT2D eigenvalue weighted by atomic mass is 35.5. The predicted molar refractivity (Wildman–Crippen MR) is 121 cm³/mol. The van der Waals surface area contributed by atoms with Crippen LogP contribution in [0, 0.1) is 0 Å². The van der Waals surface area contributed by atoms with Crippen molar-refractivity contribution in [2.75, 3.05) is 25.5 Å². The molecule has 2 aromatic carbocycles. The number of halogens is 2. The van der Waals surface area contributed by atoms with E-state index in [2.05, 4.69) is 4.98 Å². The summed E-state index contributed by atoms with van der Waals surface area (Å²) in [6, 6.07) is 19.9. The van der Waals surface area contributed by atoms with Crippen molar-refractivity contribution in [3.63, 3.8) is 0 Å². The minimum atomic E-state index is -0.339. The maximum absolute atomic E-state index is 13.1. The Morgan fingerprint density at radius 3 is 2.13 bits per heavy atom. The lowest BCUT2D eigenvalue weighted by Gasteiger charge is -2.23. The van der Waals surface area contributed by atoms with Crippen molar-refractivity contribution in [1.29, 1.82) is 0 Å². The summed E-state index contributed by atoms with van der Waals surface area (Å²) in [7, 11) is 3.37. The quantitative estimate of drug-likeness (QED) is 0.506. The Bertz CT molecular complexity index is 1040. The second-order valence-corrected chi connectivity index (χ2v) is 7.62. The summed E-state index contributed by atoms with van der Waals surface area (Å²) >= 11 is 11.9. The molecule has 30 heavy (non-hydrogen) atoms. The normalized spacial score (nSPS) is 10.5. The number of pyridine rings is 1. The van der Waals surface area contributed by atoms with Gasteiger partial charge in [0.1, 0.15) is 10.3 Å². The summed E-state index contributed by atoms with van der Waals surface area (Å²) in [5.74, 6) is -0.500. The van der Waals surface area contributed by atoms with Crippen LogP contribution in [0.15, 0.2) is 66.7 Å². The topological polar surface area (TPSA) is 53.5 Å². The zero-order valence-corrected chi connectivity index (χ0v) is 18.2. The molecule has 3 rings (SSSR count). The van der Waals surface area contributed by atoms with Gasteiger partial charge in [-0.2, -0.15) is 0 Å². The van der Waals surface area contributed by atoms with Crippen LogP contribution in [0.5, 0.6) is 0 Å². The third-order valence-corrected chi connectivity index (χ3v) is 5.12. The van der Waals surface area contributed by atoms with E-state index in [0.717, 1.165) is 12.0 Å². The van der Waals surface area contributed by atoms with E-state index in [1.807, 2.05) is 30.3 Å². The van der Waals surface area contributed by atoms with Crippen LogP contribution in [-0.4, -0.2) is 42.3 Å². The van der Waals surface area contributed by atoms with Gasteiger partial charge in [-0.3, -0.25) is 9.59 Å². The van der Waals surface area contributed by atoms with E-state index in [9.17, 15) is 9.59 Å². The lowest BCUT2D eigenvalue weighted by molar-refractivity contribution is 0.0797. The largest absolute Gasteiger partial charge is 0.341 e. The van der Waals surface area contributed by atoms with E-state index in [1.165, 1.54) is 17.0 Å². The summed E-state index contributed by atoms with van der Waals surface area (Å²) in [5.41, 5.74) is 2.39. The highest BCUT2D eigenvalue weighted by Crippen LogP contribution is 2.24. The van der Waals surface area contributed by atoms with Crippen molar-refractivity contribution in [3.05, 3.63) is 93.7 Å². The fraction of sp³-hybridized carbons (Fsp3) is 0.174. The number of hydrogen-bond donors (Lipinski definition) is 0. The van der Waals surface area contributed by atoms with Crippen LogP contribution in [0.4, 0.5) is 5.69 Å². The lowest BCUT2D eigenvalue weighted by atomic mass is 10.1. The van der Waals surface area contributed by atoms with Crippen LogP contribution in [-0.2, 0) is 6.42 Å². The average Bonchev–Trinajstić information content (AvgIpc) is 2.76. The van der Waals surface area contributed by atoms with Crippen LogP contribution in [0.2, 0.25) is 10.3 Å². The first-order chi connectivity index (χ1) is 14.4. The number of carbonyl (C=O) groups excluding carboxylic acids is 2. The van der Waals surface area contributed by atoms with Crippen molar-refractivity contribution in [2.45, 2.75) is 6.42 Å². The molecule has 7 heteroatoms. The Hall–Kier alpha value is -2.89. The molecule has 0 saturated carbocycles. The molecule has 5 nitrogen and oxygen atoms in total. The predicted octanol–water partition coefficient (Wildman–Crippen LogP) is 4.98. The van der Waals surface area contributed by atoms with Crippen molar-refractivity contribution in [2.24, 2.45) is 0 Å². The number of likely N-dealkylation sites (N-methyl/N-ethyl adjacent to an activating group) is 1. The first-order valence-corrected chi connectivity index (χ1v) is 10.1. The van der Waals surface area contributed by atoms with Crippen LogP contribution < -0.4 is 4.90 Å². The molecule has 0 saturated heterocycles. The van der Waals surface area contributed by atoms with Gasteiger partial charge in [0.25, 0.3) is 11.8 Å². The number of nitrogens with zero attached hydrogens (tertiary/aromatic N) is 3. The zero-order chi connectivity index (χ0) is 21.7. The summed E-state index contributed by atoms with van der Waals surface area (Å²) in [6.07, 6.45) is 0.744. The van der Waals surface area contributed by atoms with Crippen molar-refractivity contribution in [3.8, 4) is 0 Å². The van der Waals surface area contributed by atoms with Crippen molar-refractivity contribution < 1.29 is 9.59 Å². The molecule has 0 aliphatic rings. The van der Waals surface area contributed by atoms with E-state index in [1.54, 1.807) is 43.3 Å². The van der Waals surface area contributed by atoms with Gasteiger partial charge in [-0.05, 0) is 36.2 Å². The monoisotopic (exact) mass is 441 g/mol. The maximum atomic E-state index is 13.1. The number of anilines is 1. The molecule has 0 aliphatic carbocycles. The first-order valence-electron chi connectivity index (χ1n) is 9.36. The van der Waals surface area contributed by atoms with Gasteiger partial charge in [-0.1, -0.05) is 65.7 Å². The molecule has 1 aromatic heterocycles. The van der Waals surface area contributed by atoms with E-state index in [-0.39, 0.29) is 22.1 Å². The molecule has 0 bridgehead atoms. The smallest absolute Gasteiger partial charge is 0.258 e. The molecule has 2 amide bonds. The second kappa shape index (κ2) is 9.74. The summed E-state index contributed by atoms with van der Waals surface area (Å²) < 4.78 is 0. The molecule has 3 aromatic rings. The van der Waals surface area contributed by atoms with E-state index in [0.29, 0.717) is 23.4 Å². The van der Waals surface area contributed by atoms with Gasteiger partial charge in [0.2, 0.25) is 0 Å². The lowest BCUT2D eigenvalue weighted by Crippen LogP contribution is -2.32. The Labute approximate surface area is 185 Å². The number of rotatable bonds is 6. The Balaban J connectivity index is 1.80.